The Morgan fingerprint density at radius 1 is 0.851 bits per heavy atom. The van der Waals surface area contributed by atoms with Gasteiger partial charge in [0.05, 0.1) is 40.0 Å². The van der Waals surface area contributed by atoms with Gasteiger partial charge in [0, 0.05) is 61.0 Å². The Kier molecular flexibility index (Phi) is 11.1. The van der Waals surface area contributed by atoms with Crippen LogP contribution in [0.25, 0.3) is 0 Å². The molecule has 3 amide bonds. The lowest BCUT2D eigenvalue weighted by molar-refractivity contribution is -0.137. The SMILES string of the molecule is COc1ccc(NC(=O)N2CCCCN3[C@@H](COCCC(=O)N4CCOCC4)[C@H](c4ccc(C#Cc5ccccc5)cc4)[C@@H]3C2)cc1. The maximum absolute atomic E-state index is 13.5. The average Bonchev–Trinajstić information content (AvgIpc) is 3.11. The van der Waals surface area contributed by atoms with Gasteiger partial charge in [0.15, 0.2) is 0 Å². The van der Waals surface area contributed by atoms with E-state index in [1.807, 2.05) is 64.4 Å². The number of fused-ring (bicyclic) bond motifs is 1. The number of anilines is 1. The lowest BCUT2D eigenvalue weighted by Gasteiger charge is -2.57. The van der Waals surface area contributed by atoms with E-state index in [9.17, 15) is 9.59 Å². The summed E-state index contributed by atoms with van der Waals surface area (Å²) in [6.07, 6.45) is 2.30. The molecule has 0 aromatic heterocycles. The fourth-order valence-corrected chi connectivity index (χ4v) is 6.77. The average molecular weight is 637 g/mol. The van der Waals surface area contributed by atoms with Crippen molar-refractivity contribution >= 4 is 17.6 Å². The monoisotopic (exact) mass is 636 g/mol. The summed E-state index contributed by atoms with van der Waals surface area (Å²) in [4.78, 5) is 32.5. The minimum absolute atomic E-state index is 0.0939. The third kappa shape index (κ3) is 8.33. The van der Waals surface area contributed by atoms with E-state index in [0.29, 0.717) is 59.0 Å². The summed E-state index contributed by atoms with van der Waals surface area (Å²) >= 11 is 0. The molecule has 0 spiro atoms. The molecule has 3 atom stereocenters. The van der Waals surface area contributed by atoms with Gasteiger partial charge in [-0.15, -0.1) is 0 Å². The summed E-state index contributed by atoms with van der Waals surface area (Å²) in [6, 6.07) is 26.1. The minimum Gasteiger partial charge on any atom is -0.497 e. The van der Waals surface area contributed by atoms with E-state index >= 15 is 0 Å². The summed E-state index contributed by atoms with van der Waals surface area (Å²) in [5.41, 5.74) is 3.90. The van der Waals surface area contributed by atoms with Crippen molar-refractivity contribution in [2.24, 2.45) is 0 Å². The Labute approximate surface area is 277 Å². The first-order chi connectivity index (χ1) is 23.1. The van der Waals surface area contributed by atoms with Crippen molar-refractivity contribution in [3.63, 3.8) is 0 Å². The second-order valence-corrected chi connectivity index (χ2v) is 12.3. The number of hydrogen-bond donors (Lipinski definition) is 1. The van der Waals surface area contributed by atoms with Crippen LogP contribution in [0, 0.1) is 11.8 Å². The highest BCUT2D eigenvalue weighted by molar-refractivity contribution is 5.89. The largest absolute Gasteiger partial charge is 0.497 e. The molecule has 0 radical (unpaired) electrons. The van der Waals surface area contributed by atoms with Gasteiger partial charge in [-0.1, -0.05) is 42.2 Å². The highest BCUT2D eigenvalue weighted by Gasteiger charge is 2.50. The predicted octanol–water partition coefficient (Wildman–Crippen LogP) is 4.82. The van der Waals surface area contributed by atoms with Crippen molar-refractivity contribution in [3.8, 4) is 17.6 Å². The summed E-state index contributed by atoms with van der Waals surface area (Å²) in [5.74, 6) is 7.57. The van der Waals surface area contributed by atoms with E-state index in [2.05, 4.69) is 46.3 Å². The van der Waals surface area contributed by atoms with E-state index in [1.54, 1.807) is 7.11 Å². The van der Waals surface area contributed by atoms with Gasteiger partial charge >= 0.3 is 6.03 Å². The van der Waals surface area contributed by atoms with E-state index in [4.69, 9.17) is 14.2 Å². The van der Waals surface area contributed by atoms with Gasteiger partial charge in [-0.05, 0) is 73.5 Å². The fraction of sp³-hybridized carbons (Fsp3) is 0.421. The van der Waals surface area contributed by atoms with Gasteiger partial charge in [-0.25, -0.2) is 4.79 Å². The molecule has 246 valence electrons. The van der Waals surface area contributed by atoms with Crippen LogP contribution < -0.4 is 10.1 Å². The van der Waals surface area contributed by atoms with Gasteiger partial charge in [-0.3, -0.25) is 9.69 Å². The number of rotatable bonds is 8. The molecule has 0 unspecified atom stereocenters. The van der Waals surface area contributed by atoms with E-state index < -0.39 is 0 Å². The molecule has 3 heterocycles. The van der Waals surface area contributed by atoms with Crippen molar-refractivity contribution < 1.29 is 23.8 Å². The van der Waals surface area contributed by atoms with Crippen molar-refractivity contribution in [3.05, 3.63) is 95.6 Å². The molecular weight excluding hydrogens is 592 g/mol. The molecular formula is C38H44N4O5. The minimum atomic E-state index is -0.0939. The van der Waals surface area contributed by atoms with Crippen LogP contribution in [0.15, 0.2) is 78.9 Å². The molecule has 3 aliphatic heterocycles. The number of hydrogen-bond acceptors (Lipinski definition) is 6. The number of ether oxygens (including phenoxy) is 3. The first-order valence-electron chi connectivity index (χ1n) is 16.6. The molecule has 3 aromatic carbocycles. The Hall–Kier alpha value is -4.36. The Bertz CT molecular complexity index is 1530. The predicted molar refractivity (Wildman–Crippen MR) is 182 cm³/mol. The number of nitrogens with one attached hydrogen (secondary N) is 1. The van der Waals surface area contributed by atoms with E-state index in [1.165, 1.54) is 5.56 Å². The molecule has 3 fully saturated rings. The number of carbonyl (C=O) groups is 2. The molecule has 3 saturated heterocycles. The highest BCUT2D eigenvalue weighted by atomic mass is 16.5. The molecule has 0 aliphatic carbocycles. The zero-order valence-corrected chi connectivity index (χ0v) is 27.1. The summed E-state index contributed by atoms with van der Waals surface area (Å²) < 4.78 is 16.9. The lowest BCUT2D eigenvalue weighted by Crippen LogP contribution is -2.68. The van der Waals surface area contributed by atoms with Crippen molar-refractivity contribution in [1.82, 2.24) is 14.7 Å². The summed E-state index contributed by atoms with van der Waals surface area (Å²) in [6.45, 7) is 5.69. The third-order valence-electron chi connectivity index (χ3n) is 9.34. The quantitative estimate of drug-likeness (QED) is 0.282. The van der Waals surface area contributed by atoms with Crippen LogP contribution in [-0.2, 0) is 14.3 Å². The normalized spacial score (nSPS) is 21.3. The van der Waals surface area contributed by atoms with E-state index in [-0.39, 0.29) is 29.9 Å². The van der Waals surface area contributed by atoms with Crippen molar-refractivity contribution in [2.45, 2.75) is 37.3 Å². The van der Waals surface area contributed by atoms with Gasteiger partial charge in [0.25, 0.3) is 0 Å². The lowest BCUT2D eigenvalue weighted by atomic mass is 9.74. The van der Waals surface area contributed by atoms with Crippen LogP contribution in [0.5, 0.6) is 5.75 Å². The number of nitrogens with zero attached hydrogens (tertiary/aromatic N) is 3. The highest BCUT2D eigenvalue weighted by Crippen LogP contribution is 2.42. The van der Waals surface area contributed by atoms with Crippen LogP contribution in [0.1, 0.15) is 41.9 Å². The fourth-order valence-electron chi connectivity index (χ4n) is 6.77. The van der Waals surface area contributed by atoms with Gasteiger partial charge in [-0.2, -0.15) is 0 Å². The number of benzene rings is 3. The van der Waals surface area contributed by atoms with Crippen LogP contribution in [-0.4, -0.2) is 105 Å². The molecule has 3 aliphatic rings. The van der Waals surface area contributed by atoms with Crippen LogP contribution in [0.4, 0.5) is 10.5 Å². The van der Waals surface area contributed by atoms with Gasteiger partial charge in [0.1, 0.15) is 5.75 Å². The molecule has 0 saturated carbocycles. The zero-order chi connectivity index (χ0) is 32.4. The topological polar surface area (TPSA) is 83.6 Å². The molecule has 6 rings (SSSR count). The van der Waals surface area contributed by atoms with E-state index in [0.717, 1.165) is 42.0 Å². The Morgan fingerprint density at radius 2 is 1.55 bits per heavy atom. The van der Waals surface area contributed by atoms with Gasteiger partial charge < -0.3 is 29.3 Å². The van der Waals surface area contributed by atoms with Crippen LogP contribution >= 0.6 is 0 Å². The Morgan fingerprint density at radius 3 is 2.28 bits per heavy atom. The molecule has 47 heavy (non-hydrogen) atoms. The first-order valence-corrected chi connectivity index (χ1v) is 16.6. The summed E-state index contributed by atoms with van der Waals surface area (Å²) in [7, 11) is 1.63. The van der Waals surface area contributed by atoms with Crippen LogP contribution in [0.2, 0.25) is 0 Å². The van der Waals surface area contributed by atoms with Gasteiger partial charge in [0.2, 0.25) is 5.91 Å². The molecule has 9 nitrogen and oxygen atoms in total. The second kappa shape index (κ2) is 16.0. The number of methoxy groups -OCH3 is 1. The van der Waals surface area contributed by atoms with Crippen LogP contribution in [0.3, 0.4) is 0 Å². The number of urea groups is 1. The third-order valence-corrected chi connectivity index (χ3v) is 9.34. The number of carbonyl (C=O) groups excluding carboxylic acids is 2. The number of morpholine rings is 1. The van der Waals surface area contributed by atoms with Crippen molar-refractivity contribution in [1.29, 1.82) is 0 Å². The maximum atomic E-state index is 13.5. The maximum Gasteiger partial charge on any atom is 0.321 e. The van der Waals surface area contributed by atoms with Crippen molar-refractivity contribution in [2.75, 3.05) is 71.6 Å². The summed E-state index contributed by atoms with van der Waals surface area (Å²) in [5, 5.41) is 3.08. The standard InChI is InChI=1S/C38H44N4O5/c1-45-33-17-15-32(16-18-33)39-38(44)41-20-5-6-21-42-34(27-41)37(35(42)28-47-24-19-36(43)40-22-25-46-26-23-40)31-13-11-30(12-14-31)10-9-29-7-3-2-4-8-29/h2-4,7-8,11-18,34-35,37H,5-6,19-28H2,1H3,(H,39,44)/t34-,35-,37+/m0/s1. The smallest absolute Gasteiger partial charge is 0.321 e. The molecule has 1 N–H and O–H groups in total. The Balaban J connectivity index is 1.15. The molecule has 3 aromatic rings. The zero-order valence-electron chi connectivity index (χ0n) is 27.1. The second-order valence-electron chi connectivity index (χ2n) is 12.3. The first kappa shape index (κ1) is 32.6. The number of amides is 3. The molecule has 9 heteroatoms. The molecule has 0 bridgehead atoms.